The van der Waals surface area contributed by atoms with E-state index in [0.29, 0.717) is 17.8 Å². The number of hydrogen-bond donors (Lipinski definition) is 4. The Kier molecular flexibility index (Phi) is 7.35. The Morgan fingerprint density at radius 1 is 1.07 bits per heavy atom. The maximum Gasteiger partial charge on any atom is 0.315 e. The van der Waals surface area contributed by atoms with Gasteiger partial charge in [0.25, 0.3) is 5.91 Å². The van der Waals surface area contributed by atoms with Gasteiger partial charge >= 0.3 is 6.03 Å². The van der Waals surface area contributed by atoms with Crippen LogP contribution in [0.4, 0.5) is 10.5 Å². The van der Waals surface area contributed by atoms with Crippen molar-refractivity contribution in [3.8, 4) is 0 Å². The molecular weight excluding hydrogens is 372 g/mol. The Hall–Kier alpha value is -3.36. The van der Waals surface area contributed by atoms with E-state index in [9.17, 15) is 14.4 Å². The van der Waals surface area contributed by atoms with Crippen LogP contribution in [0.25, 0.3) is 0 Å². The number of amides is 4. The van der Waals surface area contributed by atoms with Gasteiger partial charge in [0, 0.05) is 25.2 Å². The molecule has 1 aromatic carbocycles. The van der Waals surface area contributed by atoms with Gasteiger partial charge in [-0.25, -0.2) is 4.79 Å². The van der Waals surface area contributed by atoms with Gasteiger partial charge in [0.1, 0.15) is 0 Å². The molecule has 0 aliphatic rings. The summed E-state index contributed by atoms with van der Waals surface area (Å²) in [7, 11) is 1.80. The smallest absolute Gasteiger partial charge is 0.315 e. The van der Waals surface area contributed by atoms with Crippen LogP contribution in [0.5, 0.6) is 0 Å². The zero-order valence-corrected chi connectivity index (χ0v) is 17.4. The Morgan fingerprint density at radius 2 is 1.72 bits per heavy atom. The number of rotatable bonds is 7. The molecule has 4 amide bonds. The number of benzene rings is 1. The van der Waals surface area contributed by atoms with Crippen LogP contribution in [-0.4, -0.2) is 40.2 Å². The van der Waals surface area contributed by atoms with Crippen LogP contribution in [0.1, 0.15) is 41.2 Å². The standard InChI is InChI=1S/C20H28N6O3/c1-12(2)23-20(29)22-10-15-6-8-16(9-7-15)19(28)21-11-17(27)24-18-13(3)25-26(5)14(18)4/h6-9,12H,10-11H2,1-5H3,(H,21,28)(H,24,27)(H2,22,23,29). The molecule has 0 bridgehead atoms. The summed E-state index contributed by atoms with van der Waals surface area (Å²) in [4.78, 5) is 36.0. The summed E-state index contributed by atoms with van der Waals surface area (Å²) in [5, 5.41) is 15.1. The van der Waals surface area contributed by atoms with Crippen molar-refractivity contribution in [2.75, 3.05) is 11.9 Å². The van der Waals surface area contributed by atoms with Crippen LogP contribution < -0.4 is 21.3 Å². The second kappa shape index (κ2) is 9.72. The van der Waals surface area contributed by atoms with Crippen LogP contribution >= 0.6 is 0 Å². The van der Waals surface area contributed by atoms with Gasteiger partial charge in [-0.3, -0.25) is 14.3 Å². The van der Waals surface area contributed by atoms with Crippen LogP contribution in [0.2, 0.25) is 0 Å². The normalized spacial score (nSPS) is 10.6. The van der Waals surface area contributed by atoms with E-state index < -0.39 is 0 Å². The minimum atomic E-state index is -0.350. The molecule has 1 heterocycles. The Balaban J connectivity index is 1.83. The zero-order valence-electron chi connectivity index (χ0n) is 17.4. The molecule has 0 spiro atoms. The van der Waals surface area contributed by atoms with E-state index in [1.807, 2.05) is 27.7 Å². The van der Waals surface area contributed by atoms with Crippen LogP contribution in [0, 0.1) is 13.8 Å². The van der Waals surface area contributed by atoms with Crippen LogP contribution in [0.3, 0.4) is 0 Å². The van der Waals surface area contributed by atoms with E-state index in [1.54, 1.807) is 36.0 Å². The quantitative estimate of drug-likeness (QED) is 0.565. The van der Waals surface area contributed by atoms with Crippen LogP contribution in [0.15, 0.2) is 24.3 Å². The maximum atomic E-state index is 12.3. The van der Waals surface area contributed by atoms with Crippen molar-refractivity contribution < 1.29 is 14.4 Å². The van der Waals surface area contributed by atoms with Gasteiger partial charge in [0.05, 0.1) is 23.6 Å². The first kappa shape index (κ1) is 21.9. The van der Waals surface area contributed by atoms with Crippen molar-refractivity contribution in [1.82, 2.24) is 25.7 Å². The summed E-state index contributed by atoms with van der Waals surface area (Å²) in [6.07, 6.45) is 0. The van der Waals surface area contributed by atoms with Gasteiger partial charge in [0.15, 0.2) is 0 Å². The monoisotopic (exact) mass is 400 g/mol. The third-order valence-electron chi connectivity index (χ3n) is 4.27. The summed E-state index contributed by atoms with van der Waals surface area (Å²) in [5.74, 6) is -0.675. The number of aryl methyl sites for hydroxylation is 2. The highest BCUT2D eigenvalue weighted by molar-refractivity contribution is 5.99. The van der Waals surface area contributed by atoms with E-state index >= 15 is 0 Å². The summed E-state index contributed by atoms with van der Waals surface area (Å²) in [5.41, 5.74) is 3.51. The predicted molar refractivity (Wildman–Crippen MR) is 111 cm³/mol. The molecule has 0 atom stereocenters. The van der Waals surface area contributed by atoms with Crippen molar-refractivity contribution in [2.45, 2.75) is 40.3 Å². The molecule has 0 aliphatic heterocycles. The lowest BCUT2D eigenvalue weighted by atomic mass is 10.1. The summed E-state index contributed by atoms with van der Waals surface area (Å²) >= 11 is 0. The van der Waals surface area contributed by atoms with Crippen molar-refractivity contribution in [3.05, 3.63) is 46.8 Å². The van der Waals surface area contributed by atoms with E-state index in [1.165, 1.54) is 0 Å². The molecule has 9 nitrogen and oxygen atoms in total. The number of aromatic nitrogens is 2. The topological polar surface area (TPSA) is 117 Å². The third-order valence-corrected chi connectivity index (χ3v) is 4.27. The number of urea groups is 1. The Bertz CT molecular complexity index is 886. The highest BCUT2D eigenvalue weighted by atomic mass is 16.2. The van der Waals surface area contributed by atoms with E-state index in [0.717, 1.165) is 17.0 Å². The largest absolute Gasteiger partial charge is 0.343 e. The molecule has 29 heavy (non-hydrogen) atoms. The molecular formula is C20H28N6O3. The van der Waals surface area contributed by atoms with Crippen molar-refractivity contribution in [2.24, 2.45) is 7.05 Å². The molecule has 0 fully saturated rings. The van der Waals surface area contributed by atoms with Gasteiger partial charge in [0.2, 0.25) is 5.91 Å². The number of nitrogens with one attached hydrogen (secondary N) is 4. The SMILES string of the molecule is Cc1nn(C)c(C)c1NC(=O)CNC(=O)c1ccc(CNC(=O)NC(C)C)cc1. The fourth-order valence-corrected chi connectivity index (χ4v) is 2.67. The second-order valence-electron chi connectivity index (χ2n) is 7.08. The molecule has 0 radical (unpaired) electrons. The Morgan fingerprint density at radius 3 is 2.28 bits per heavy atom. The summed E-state index contributed by atoms with van der Waals surface area (Å²) in [6, 6.07) is 6.64. The third kappa shape index (κ3) is 6.34. The fraction of sp³-hybridized carbons (Fsp3) is 0.400. The first-order valence-corrected chi connectivity index (χ1v) is 9.39. The van der Waals surface area contributed by atoms with E-state index in [4.69, 9.17) is 0 Å². The highest BCUT2D eigenvalue weighted by Gasteiger charge is 2.14. The molecule has 1 aromatic heterocycles. The van der Waals surface area contributed by atoms with E-state index in [2.05, 4.69) is 26.4 Å². The van der Waals surface area contributed by atoms with Gasteiger partial charge in [-0.05, 0) is 45.4 Å². The molecule has 9 heteroatoms. The molecule has 2 rings (SSSR count). The van der Waals surface area contributed by atoms with Crippen molar-refractivity contribution >= 4 is 23.5 Å². The lowest BCUT2D eigenvalue weighted by Crippen LogP contribution is -2.39. The first-order valence-electron chi connectivity index (χ1n) is 9.39. The molecule has 0 saturated carbocycles. The van der Waals surface area contributed by atoms with Gasteiger partial charge in [-0.15, -0.1) is 0 Å². The summed E-state index contributed by atoms with van der Waals surface area (Å²) < 4.78 is 1.69. The second-order valence-corrected chi connectivity index (χ2v) is 7.08. The van der Waals surface area contributed by atoms with Gasteiger partial charge < -0.3 is 21.3 Å². The molecule has 2 aromatic rings. The molecule has 156 valence electrons. The van der Waals surface area contributed by atoms with Crippen molar-refractivity contribution in [3.63, 3.8) is 0 Å². The maximum absolute atomic E-state index is 12.3. The number of hydrogen-bond acceptors (Lipinski definition) is 4. The number of nitrogens with zero attached hydrogens (tertiary/aromatic N) is 2. The molecule has 4 N–H and O–H groups in total. The van der Waals surface area contributed by atoms with Crippen LogP contribution in [-0.2, 0) is 18.4 Å². The zero-order chi connectivity index (χ0) is 21.6. The lowest BCUT2D eigenvalue weighted by Gasteiger charge is -2.10. The predicted octanol–water partition coefficient (Wildman–Crippen LogP) is 1.61. The highest BCUT2D eigenvalue weighted by Crippen LogP contribution is 2.17. The average molecular weight is 400 g/mol. The van der Waals surface area contributed by atoms with Gasteiger partial charge in [-0.1, -0.05) is 12.1 Å². The van der Waals surface area contributed by atoms with Crippen molar-refractivity contribution in [1.29, 1.82) is 0 Å². The lowest BCUT2D eigenvalue weighted by molar-refractivity contribution is -0.115. The van der Waals surface area contributed by atoms with E-state index in [-0.39, 0.29) is 30.4 Å². The average Bonchev–Trinajstić information content (AvgIpc) is 2.90. The van der Waals surface area contributed by atoms with Gasteiger partial charge in [-0.2, -0.15) is 5.10 Å². The molecule has 0 unspecified atom stereocenters. The first-order chi connectivity index (χ1) is 13.7. The minimum absolute atomic E-state index is 0.0595. The molecule has 0 aliphatic carbocycles. The fourth-order valence-electron chi connectivity index (χ4n) is 2.67. The Labute approximate surface area is 170 Å². The number of carbonyl (C=O) groups excluding carboxylic acids is 3. The minimum Gasteiger partial charge on any atom is -0.343 e. The summed E-state index contributed by atoms with van der Waals surface area (Å²) in [6.45, 7) is 7.64. The number of anilines is 1. The number of carbonyl (C=O) groups is 3. The molecule has 0 saturated heterocycles.